The Bertz CT molecular complexity index is 1160. The van der Waals surface area contributed by atoms with Gasteiger partial charge < -0.3 is 19.4 Å². The molecule has 0 spiro atoms. The minimum Gasteiger partial charge on any atom is -0.495 e. The second-order valence-corrected chi connectivity index (χ2v) is 8.42. The maximum Gasteiger partial charge on any atom is 0.253 e. The Labute approximate surface area is 195 Å². The highest BCUT2D eigenvalue weighted by Gasteiger charge is 2.22. The van der Waals surface area contributed by atoms with E-state index in [0.29, 0.717) is 6.54 Å². The lowest BCUT2D eigenvalue weighted by molar-refractivity contribution is 0.0767. The lowest BCUT2D eigenvalue weighted by Crippen LogP contribution is -2.35. The molecule has 1 saturated heterocycles. The van der Waals surface area contributed by atoms with Crippen molar-refractivity contribution >= 4 is 29.0 Å². The first-order valence-corrected chi connectivity index (χ1v) is 11.5. The number of hydrogen-bond donors (Lipinski definition) is 0. The van der Waals surface area contributed by atoms with Crippen molar-refractivity contribution in [2.45, 2.75) is 6.42 Å². The Kier molecular flexibility index (Phi) is 6.03. The third kappa shape index (κ3) is 4.31. The molecule has 5 rings (SSSR count). The van der Waals surface area contributed by atoms with Gasteiger partial charge in [-0.3, -0.25) is 4.79 Å². The lowest BCUT2D eigenvalue weighted by Gasteiger charge is -2.28. The smallest absolute Gasteiger partial charge is 0.253 e. The predicted molar refractivity (Wildman–Crippen MR) is 135 cm³/mol. The van der Waals surface area contributed by atoms with Crippen molar-refractivity contribution in [3.8, 4) is 5.75 Å². The molecular formula is C28H29N3O2. The fourth-order valence-electron chi connectivity index (χ4n) is 4.72. The molecule has 5 nitrogen and oxygen atoms in total. The van der Waals surface area contributed by atoms with Gasteiger partial charge in [0.2, 0.25) is 0 Å². The number of benzene rings is 3. The largest absolute Gasteiger partial charge is 0.495 e. The van der Waals surface area contributed by atoms with Crippen LogP contribution in [0.5, 0.6) is 5.75 Å². The average molecular weight is 440 g/mol. The highest BCUT2D eigenvalue weighted by atomic mass is 16.5. The molecular weight excluding hydrogens is 410 g/mol. The molecule has 2 aliphatic rings. The molecule has 0 atom stereocenters. The van der Waals surface area contributed by atoms with Crippen LogP contribution >= 0.6 is 0 Å². The van der Waals surface area contributed by atoms with E-state index in [1.165, 1.54) is 11.3 Å². The van der Waals surface area contributed by atoms with Crippen LogP contribution in [0.2, 0.25) is 0 Å². The summed E-state index contributed by atoms with van der Waals surface area (Å²) in [6, 6.07) is 24.5. The van der Waals surface area contributed by atoms with Gasteiger partial charge in [0.05, 0.1) is 12.8 Å². The van der Waals surface area contributed by atoms with Crippen molar-refractivity contribution in [1.29, 1.82) is 0 Å². The summed E-state index contributed by atoms with van der Waals surface area (Å²) in [4.78, 5) is 19.8. The van der Waals surface area contributed by atoms with Gasteiger partial charge in [-0.1, -0.05) is 42.5 Å². The predicted octanol–water partition coefficient (Wildman–Crippen LogP) is 5.21. The Morgan fingerprint density at radius 3 is 2.39 bits per heavy atom. The number of carbonyl (C=O) groups is 1. The Morgan fingerprint density at radius 1 is 0.818 bits per heavy atom. The maximum absolute atomic E-state index is 13.3. The summed E-state index contributed by atoms with van der Waals surface area (Å²) in [7, 11) is 1.70. The first kappa shape index (κ1) is 21.1. The molecule has 33 heavy (non-hydrogen) atoms. The van der Waals surface area contributed by atoms with E-state index < -0.39 is 0 Å². The monoisotopic (exact) mass is 439 g/mol. The number of rotatable bonds is 4. The van der Waals surface area contributed by atoms with Crippen molar-refractivity contribution in [3.63, 3.8) is 0 Å². The molecule has 0 unspecified atom stereocenters. The first-order valence-electron chi connectivity index (χ1n) is 11.5. The number of amides is 1. The number of carbonyl (C=O) groups excluding carboxylic acids is 1. The number of hydrogen-bond acceptors (Lipinski definition) is 4. The number of methoxy groups -OCH3 is 1. The highest BCUT2D eigenvalue weighted by Crippen LogP contribution is 2.32. The molecule has 168 valence electrons. The minimum absolute atomic E-state index is 0.0994. The van der Waals surface area contributed by atoms with E-state index in [9.17, 15) is 4.79 Å². The van der Waals surface area contributed by atoms with Crippen LogP contribution in [-0.4, -0.2) is 50.6 Å². The van der Waals surface area contributed by atoms with Gasteiger partial charge in [-0.25, -0.2) is 0 Å². The van der Waals surface area contributed by atoms with Gasteiger partial charge in [-0.15, -0.1) is 0 Å². The molecule has 0 aliphatic carbocycles. The van der Waals surface area contributed by atoms with Crippen LogP contribution in [0.4, 0.5) is 17.1 Å². The average Bonchev–Trinajstić information content (AvgIpc) is 3.14. The van der Waals surface area contributed by atoms with E-state index in [0.717, 1.165) is 55.3 Å². The van der Waals surface area contributed by atoms with E-state index in [-0.39, 0.29) is 5.91 Å². The Morgan fingerprint density at radius 2 is 1.58 bits per heavy atom. The van der Waals surface area contributed by atoms with Crippen LogP contribution < -0.4 is 14.5 Å². The quantitative estimate of drug-likeness (QED) is 0.559. The van der Waals surface area contributed by atoms with Gasteiger partial charge in [0, 0.05) is 49.7 Å². The molecule has 0 N–H and O–H groups in total. The zero-order valence-electron chi connectivity index (χ0n) is 19.0. The van der Waals surface area contributed by atoms with E-state index >= 15 is 0 Å². The molecule has 2 aliphatic heterocycles. The zero-order valence-corrected chi connectivity index (χ0v) is 19.0. The number of para-hydroxylation sites is 3. The third-order valence-corrected chi connectivity index (χ3v) is 6.45. The first-order chi connectivity index (χ1) is 16.2. The van der Waals surface area contributed by atoms with Crippen LogP contribution in [0.1, 0.15) is 22.3 Å². The summed E-state index contributed by atoms with van der Waals surface area (Å²) in [5.41, 5.74) is 5.34. The topological polar surface area (TPSA) is 36.0 Å². The van der Waals surface area contributed by atoms with Crippen molar-refractivity contribution in [2.75, 3.05) is 49.6 Å². The SMILES string of the molecule is COc1ccccc1N1CCCN(C(=O)c2ccc(N3CC=Cc4ccccc43)cc2)CC1. The zero-order chi connectivity index (χ0) is 22.6. The van der Waals surface area contributed by atoms with Crippen molar-refractivity contribution in [2.24, 2.45) is 0 Å². The van der Waals surface area contributed by atoms with E-state index in [1.807, 2.05) is 35.2 Å². The van der Waals surface area contributed by atoms with Crippen LogP contribution in [-0.2, 0) is 0 Å². The fraction of sp³-hybridized carbons (Fsp3) is 0.250. The fourth-order valence-corrected chi connectivity index (χ4v) is 4.72. The van der Waals surface area contributed by atoms with Gasteiger partial charge in [-0.05, 0) is 54.4 Å². The third-order valence-electron chi connectivity index (χ3n) is 6.45. The van der Waals surface area contributed by atoms with Crippen LogP contribution in [0.3, 0.4) is 0 Å². The molecule has 3 aromatic carbocycles. The molecule has 0 bridgehead atoms. The molecule has 0 saturated carbocycles. The van der Waals surface area contributed by atoms with Crippen LogP contribution in [0.25, 0.3) is 6.08 Å². The number of anilines is 3. The molecule has 1 amide bonds. The van der Waals surface area contributed by atoms with Gasteiger partial charge in [0.25, 0.3) is 5.91 Å². The van der Waals surface area contributed by atoms with E-state index in [1.54, 1.807) is 7.11 Å². The normalized spacial score (nSPS) is 15.7. The van der Waals surface area contributed by atoms with Crippen molar-refractivity contribution in [3.05, 3.63) is 90.0 Å². The summed E-state index contributed by atoms with van der Waals surface area (Å²) in [5.74, 6) is 0.976. The number of ether oxygens (including phenoxy) is 1. The summed E-state index contributed by atoms with van der Waals surface area (Å²) in [6.07, 6.45) is 5.27. The molecule has 3 aromatic rings. The molecule has 5 heteroatoms. The number of fused-ring (bicyclic) bond motifs is 1. The Balaban J connectivity index is 1.28. The standard InChI is InChI=1S/C28H29N3O2/c1-33-27-12-5-4-11-26(27)29-17-7-18-30(21-20-29)28(32)23-13-15-24(16-14-23)31-19-6-9-22-8-2-3-10-25(22)31/h2-6,8-16H,7,17-21H2,1H3. The van der Waals surface area contributed by atoms with Crippen molar-refractivity contribution < 1.29 is 9.53 Å². The van der Waals surface area contributed by atoms with Gasteiger partial charge >= 0.3 is 0 Å². The molecule has 2 heterocycles. The highest BCUT2D eigenvalue weighted by molar-refractivity contribution is 5.95. The van der Waals surface area contributed by atoms with E-state index in [2.05, 4.69) is 64.4 Å². The van der Waals surface area contributed by atoms with E-state index in [4.69, 9.17) is 4.74 Å². The van der Waals surface area contributed by atoms with Gasteiger partial charge in [-0.2, -0.15) is 0 Å². The molecule has 1 fully saturated rings. The summed E-state index contributed by atoms with van der Waals surface area (Å²) >= 11 is 0. The number of nitrogens with zero attached hydrogens (tertiary/aromatic N) is 3. The summed E-state index contributed by atoms with van der Waals surface area (Å²) < 4.78 is 5.54. The maximum atomic E-state index is 13.3. The second kappa shape index (κ2) is 9.41. The van der Waals surface area contributed by atoms with Gasteiger partial charge in [0.15, 0.2) is 0 Å². The summed E-state index contributed by atoms with van der Waals surface area (Å²) in [5, 5.41) is 0. The van der Waals surface area contributed by atoms with Gasteiger partial charge in [0.1, 0.15) is 5.75 Å². The summed E-state index contributed by atoms with van der Waals surface area (Å²) in [6.45, 7) is 3.99. The second-order valence-electron chi connectivity index (χ2n) is 8.42. The van der Waals surface area contributed by atoms with Crippen LogP contribution in [0.15, 0.2) is 78.9 Å². The Hall–Kier alpha value is -3.73. The minimum atomic E-state index is 0.0994. The van der Waals surface area contributed by atoms with Crippen molar-refractivity contribution in [1.82, 2.24) is 4.90 Å². The van der Waals surface area contributed by atoms with Crippen LogP contribution in [0, 0.1) is 0 Å². The molecule has 0 radical (unpaired) electrons. The molecule has 0 aromatic heterocycles. The lowest BCUT2D eigenvalue weighted by atomic mass is 10.1.